The predicted octanol–water partition coefficient (Wildman–Crippen LogP) is 5.39. The Morgan fingerprint density at radius 2 is 0.763 bits per heavy atom. The Balaban J connectivity index is 1.61. The van der Waals surface area contributed by atoms with Crippen molar-refractivity contribution in [2.45, 2.75) is 0 Å². The summed E-state index contributed by atoms with van der Waals surface area (Å²) < 4.78 is 12.4. The summed E-state index contributed by atoms with van der Waals surface area (Å²) in [4.78, 5) is 53.4. The second-order valence-corrected chi connectivity index (χ2v) is 8.96. The highest BCUT2D eigenvalue weighted by atomic mass is 16.5. The number of fused-ring (bicyclic) bond motifs is 2. The van der Waals surface area contributed by atoms with Gasteiger partial charge in [0.25, 0.3) is 23.6 Å². The summed E-state index contributed by atoms with van der Waals surface area (Å²) >= 11 is 0. The summed E-state index contributed by atoms with van der Waals surface area (Å²) in [6.45, 7) is 0. The molecule has 0 spiro atoms. The van der Waals surface area contributed by atoms with Crippen molar-refractivity contribution in [3.05, 3.63) is 107 Å². The van der Waals surface area contributed by atoms with Crippen molar-refractivity contribution in [3.63, 3.8) is 0 Å². The Bertz CT molecular complexity index is 1540. The summed E-state index contributed by atoms with van der Waals surface area (Å²) in [6, 6.07) is 24.2. The minimum Gasteiger partial charge on any atom is -0.457 e. The number of carbonyl (C=O) groups excluding carboxylic acids is 4. The van der Waals surface area contributed by atoms with Gasteiger partial charge in [0.1, 0.15) is 23.0 Å². The second kappa shape index (κ2) is 8.70. The normalized spacial score (nSPS) is 14.2. The third-order valence-electron chi connectivity index (χ3n) is 6.61. The highest BCUT2D eigenvalue weighted by Crippen LogP contribution is 2.45. The SMILES string of the molecule is CN1C(=O)c2cc(Oc3ccccc3)c(-c3cc4c(cc3Oc3ccccc3)C(=O)N(C)C4=O)cc2C1=O. The molecule has 0 aromatic heterocycles. The van der Waals surface area contributed by atoms with Gasteiger partial charge in [0, 0.05) is 25.2 Å². The van der Waals surface area contributed by atoms with Gasteiger partial charge < -0.3 is 9.47 Å². The number of hydrogen-bond acceptors (Lipinski definition) is 6. The Morgan fingerprint density at radius 1 is 0.447 bits per heavy atom. The molecular formula is C30H20N2O6. The third kappa shape index (κ3) is 3.62. The number of benzene rings is 4. The molecule has 0 aliphatic carbocycles. The molecular weight excluding hydrogens is 484 g/mol. The number of imide groups is 2. The van der Waals surface area contributed by atoms with Crippen LogP contribution in [0.5, 0.6) is 23.0 Å². The van der Waals surface area contributed by atoms with Crippen molar-refractivity contribution in [2.75, 3.05) is 14.1 Å². The van der Waals surface area contributed by atoms with Gasteiger partial charge in [-0.25, -0.2) is 0 Å². The summed E-state index contributed by atoms with van der Waals surface area (Å²) in [5.41, 5.74) is 1.69. The molecule has 0 atom stereocenters. The molecule has 4 amide bonds. The second-order valence-electron chi connectivity index (χ2n) is 8.96. The average Bonchev–Trinajstić information content (AvgIpc) is 3.28. The van der Waals surface area contributed by atoms with Crippen molar-refractivity contribution < 1.29 is 28.7 Å². The van der Waals surface area contributed by atoms with Gasteiger partial charge in [-0.3, -0.25) is 29.0 Å². The molecule has 2 aliphatic heterocycles. The highest BCUT2D eigenvalue weighted by molar-refractivity contribution is 6.23. The summed E-state index contributed by atoms with van der Waals surface area (Å²) in [7, 11) is 2.84. The lowest BCUT2D eigenvalue weighted by molar-refractivity contribution is 0.0677. The van der Waals surface area contributed by atoms with E-state index in [1.807, 2.05) is 36.4 Å². The minimum absolute atomic E-state index is 0.207. The van der Waals surface area contributed by atoms with Gasteiger partial charge in [-0.2, -0.15) is 0 Å². The number of nitrogens with zero attached hydrogens (tertiary/aromatic N) is 2. The Labute approximate surface area is 217 Å². The van der Waals surface area contributed by atoms with E-state index in [4.69, 9.17) is 9.47 Å². The molecule has 0 bridgehead atoms. The van der Waals surface area contributed by atoms with Crippen LogP contribution in [0.2, 0.25) is 0 Å². The standard InChI is InChI=1S/C30H20N2O6/c1-31-27(33)21-13-19(25(15-23(21)29(31)35)37-17-9-5-3-6-10-17)20-14-22-24(30(36)32(2)28(22)34)16-26(20)38-18-11-7-4-8-12-18/h3-16H,1-2H3. The molecule has 2 heterocycles. The number of ether oxygens (including phenoxy) is 2. The highest BCUT2D eigenvalue weighted by Gasteiger charge is 2.37. The molecule has 0 fully saturated rings. The van der Waals surface area contributed by atoms with E-state index in [1.54, 1.807) is 36.4 Å². The Morgan fingerprint density at radius 3 is 1.11 bits per heavy atom. The Hall–Kier alpha value is -5.24. The van der Waals surface area contributed by atoms with E-state index in [9.17, 15) is 19.2 Å². The zero-order chi connectivity index (χ0) is 26.6. The number of para-hydroxylation sites is 2. The van der Waals surface area contributed by atoms with Gasteiger partial charge in [0.2, 0.25) is 0 Å². The summed E-state index contributed by atoms with van der Waals surface area (Å²) in [6.07, 6.45) is 0. The fourth-order valence-electron chi connectivity index (χ4n) is 4.60. The first-order valence-corrected chi connectivity index (χ1v) is 11.8. The monoisotopic (exact) mass is 504 g/mol. The molecule has 8 nitrogen and oxygen atoms in total. The molecule has 4 aromatic rings. The van der Waals surface area contributed by atoms with Crippen LogP contribution in [0.15, 0.2) is 84.9 Å². The minimum atomic E-state index is -0.449. The lowest BCUT2D eigenvalue weighted by atomic mass is 9.95. The van der Waals surface area contributed by atoms with Crippen LogP contribution < -0.4 is 9.47 Å². The van der Waals surface area contributed by atoms with E-state index in [2.05, 4.69) is 0 Å². The van der Waals surface area contributed by atoms with Gasteiger partial charge in [0.05, 0.1) is 22.3 Å². The topological polar surface area (TPSA) is 93.2 Å². The zero-order valence-electron chi connectivity index (χ0n) is 20.4. The first-order chi connectivity index (χ1) is 18.3. The van der Waals surface area contributed by atoms with E-state index in [1.165, 1.54) is 26.2 Å². The van der Waals surface area contributed by atoms with Crippen molar-refractivity contribution in [1.82, 2.24) is 9.80 Å². The first-order valence-electron chi connectivity index (χ1n) is 11.8. The van der Waals surface area contributed by atoms with E-state index in [-0.39, 0.29) is 33.8 Å². The van der Waals surface area contributed by atoms with Gasteiger partial charge in [-0.05, 0) is 48.5 Å². The van der Waals surface area contributed by atoms with Crippen molar-refractivity contribution in [3.8, 4) is 34.1 Å². The maximum absolute atomic E-state index is 12.9. The van der Waals surface area contributed by atoms with Crippen LogP contribution in [0.3, 0.4) is 0 Å². The summed E-state index contributed by atoms with van der Waals surface area (Å²) in [5.74, 6) is -0.180. The van der Waals surface area contributed by atoms with Crippen molar-refractivity contribution in [2.24, 2.45) is 0 Å². The van der Waals surface area contributed by atoms with Crippen LogP contribution in [0.1, 0.15) is 41.4 Å². The maximum Gasteiger partial charge on any atom is 0.261 e. The molecule has 4 aromatic carbocycles. The molecule has 6 rings (SSSR count). The van der Waals surface area contributed by atoms with E-state index >= 15 is 0 Å². The van der Waals surface area contributed by atoms with Crippen LogP contribution in [-0.2, 0) is 0 Å². The number of amides is 4. The number of carbonyl (C=O) groups is 4. The largest absolute Gasteiger partial charge is 0.457 e. The molecule has 38 heavy (non-hydrogen) atoms. The molecule has 0 saturated carbocycles. The van der Waals surface area contributed by atoms with Crippen molar-refractivity contribution >= 4 is 23.6 Å². The first kappa shape index (κ1) is 23.2. The molecule has 2 aliphatic rings. The Kier molecular flexibility index (Phi) is 5.31. The van der Waals surface area contributed by atoms with Crippen LogP contribution in [0.25, 0.3) is 11.1 Å². The molecule has 0 saturated heterocycles. The lowest BCUT2D eigenvalue weighted by Gasteiger charge is -2.17. The fraction of sp³-hybridized carbons (Fsp3) is 0.0667. The van der Waals surface area contributed by atoms with Gasteiger partial charge in [-0.15, -0.1) is 0 Å². The van der Waals surface area contributed by atoms with E-state index < -0.39 is 23.6 Å². The average molecular weight is 504 g/mol. The van der Waals surface area contributed by atoms with Crippen LogP contribution in [-0.4, -0.2) is 47.5 Å². The number of hydrogen-bond donors (Lipinski definition) is 0. The smallest absolute Gasteiger partial charge is 0.261 e. The lowest BCUT2D eigenvalue weighted by Crippen LogP contribution is -2.24. The van der Waals surface area contributed by atoms with Crippen molar-refractivity contribution in [1.29, 1.82) is 0 Å². The zero-order valence-corrected chi connectivity index (χ0v) is 20.4. The quantitative estimate of drug-likeness (QED) is 0.339. The molecule has 0 N–H and O–H groups in total. The molecule has 8 heteroatoms. The van der Waals surface area contributed by atoms with Crippen LogP contribution >= 0.6 is 0 Å². The van der Waals surface area contributed by atoms with E-state index in [0.717, 1.165) is 9.80 Å². The fourth-order valence-corrected chi connectivity index (χ4v) is 4.60. The van der Waals surface area contributed by atoms with Crippen LogP contribution in [0, 0.1) is 0 Å². The van der Waals surface area contributed by atoms with Crippen LogP contribution in [0.4, 0.5) is 0 Å². The van der Waals surface area contributed by atoms with E-state index in [0.29, 0.717) is 22.6 Å². The van der Waals surface area contributed by atoms with Gasteiger partial charge in [-0.1, -0.05) is 36.4 Å². The molecule has 0 radical (unpaired) electrons. The predicted molar refractivity (Wildman–Crippen MR) is 138 cm³/mol. The molecule has 186 valence electrons. The molecule has 0 unspecified atom stereocenters. The maximum atomic E-state index is 12.9. The number of rotatable bonds is 5. The van der Waals surface area contributed by atoms with Gasteiger partial charge in [0.15, 0.2) is 0 Å². The third-order valence-corrected chi connectivity index (χ3v) is 6.61. The summed E-state index contributed by atoms with van der Waals surface area (Å²) in [5, 5.41) is 0. The van der Waals surface area contributed by atoms with Gasteiger partial charge >= 0.3 is 0 Å².